The van der Waals surface area contributed by atoms with Crippen molar-refractivity contribution >= 4 is 11.8 Å². The zero-order valence-corrected chi connectivity index (χ0v) is 12.6. The van der Waals surface area contributed by atoms with E-state index >= 15 is 0 Å². The Labute approximate surface area is 123 Å². The van der Waals surface area contributed by atoms with Gasteiger partial charge in [0.15, 0.2) is 0 Å². The molecule has 2 aromatic heterocycles. The molecule has 0 bridgehead atoms. The number of carbonyl (C=O) groups excluding carboxylic acids is 1. The summed E-state index contributed by atoms with van der Waals surface area (Å²) in [7, 11) is 0. The fourth-order valence-corrected chi connectivity index (χ4v) is 1.58. The first kappa shape index (κ1) is 15.0. The van der Waals surface area contributed by atoms with E-state index in [0.717, 1.165) is 5.69 Å². The number of rotatable bonds is 3. The molecule has 0 saturated heterocycles. The summed E-state index contributed by atoms with van der Waals surface area (Å²) < 4.78 is 5.33. The molecule has 0 aliphatic carbocycles. The highest BCUT2D eigenvalue weighted by molar-refractivity contribution is 5.87. The first-order valence-electron chi connectivity index (χ1n) is 6.64. The van der Waals surface area contributed by atoms with E-state index in [-0.39, 0.29) is 18.0 Å². The minimum Gasteiger partial charge on any atom is -0.447 e. The molecule has 2 amide bonds. The van der Waals surface area contributed by atoms with Crippen molar-refractivity contribution < 1.29 is 9.21 Å². The van der Waals surface area contributed by atoms with Crippen molar-refractivity contribution in [1.82, 2.24) is 20.3 Å². The van der Waals surface area contributed by atoms with Gasteiger partial charge in [0.05, 0.1) is 12.2 Å². The Morgan fingerprint density at radius 1 is 1.33 bits per heavy atom. The summed E-state index contributed by atoms with van der Waals surface area (Å²) in [5.74, 6) is 1.51. The third kappa shape index (κ3) is 4.27. The summed E-state index contributed by atoms with van der Waals surface area (Å²) in [4.78, 5) is 24.1. The summed E-state index contributed by atoms with van der Waals surface area (Å²) >= 11 is 0. The van der Waals surface area contributed by atoms with Crippen molar-refractivity contribution in [3.8, 4) is 0 Å². The molecular weight excluding hydrogens is 270 g/mol. The predicted octanol–water partition coefficient (Wildman–Crippen LogP) is 2.39. The van der Waals surface area contributed by atoms with Crippen LogP contribution < -0.4 is 10.6 Å². The van der Waals surface area contributed by atoms with Crippen LogP contribution in [0.4, 0.5) is 10.6 Å². The van der Waals surface area contributed by atoms with Crippen LogP contribution in [0.5, 0.6) is 0 Å². The van der Waals surface area contributed by atoms with Gasteiger partial charge in [-0.15, -0.1) is 0 Å². The maximum absolute atomic E-state index is 11.7. The number of carbonyl (C=O) groups is 1. The zero-order chi connectivity index (χ0) is 15.5. The molecule has 7 heteroatoms. The molecule has 112 valence electrons. The molecule has 7 nitrogen and oxygen atoms in total. The molecule has 0 aliphatic rings. The summed E-state index contributed by atoms with van der Waals surface area (Å²) in [5, 5.41) is 5.28. The van der Waals surface area contributed by atoms with Gasteiger partial charge in [0.1, 0.15) is 17.9 Å². The summed E-state index contributed by atoms with van der Waals surface area (Å²) in [5.41, 5.74) is 0.772. The van der Waals surface area contributed by atoms with Crippen molar-refractivity contribution in [3.05, 3.63) is 35.9 Å². The average molecular weight is 289 g/mol. The highest BCUT2D eigenvalue weighted by atomic mass is 16.3. The first-order chi connectivity index (χ1) is 9.84. The normalized spacial score (nSPS) is 11.2. The molecule has 2 aromatic rings. The van der Waals surface area contributed by atoms with E-state index in [1.54, 1.807) is 25.5 Å². The lowest BCUT2D eigenvalue weighted by atomic mass is 9.93. The highest BCUT2D eigenvalue weighted by Crippen LogP contribution is 2.20. The van der Waals surface area contributed by atoms with Crippen LogP contribution in [0.3, 0.4) is 0 Å². The van der Waals surface area contributed by atoms with Crippen LogP contribution in [0.2, 0.25) is 0 Å². The Bertz CT molecular complexity index is 630. The number of urea groups is 1. The van der Waals surface area contributed by atoms with E-state index in [1.165, 1.54) is 0 Å². The third-order valence-electron chi connectivity index (χ3n) is 2.74. The summed E-state index contributed by atoms with van der Waals surface area (Å²) in [6, 6.07) is 1.25. The number of aryl methyl sites for hydroxylation is 1. The van der Waals surface area contributed by atoms with Crippen molar-refractivity contribution in [2.75, 3.05) is 5.32 Å². The van der Waals surface area contributed by atoms with Crippen LogP contribution in [-0.2, 0) is 12.0 Å². The Morgan fingerprint density at radius 3 is 2.71 bits per heavy atom. The monoisotopic (exact) mass is 289 g/mol. The standard InChI is InChI=1S/C14H19N5O2/c1-9-15-6-5-11(17-9)19-13(20)16-7-12-18-10(8-21-12)14(2,3)4/h5-6,8H,7H2,1-4H3,(H2,15,16,17,19,20). The van der Waals surface area contributed by atoms with Crippen LogP contribution in [0.25, 0.3) is 0 Å². The maximum Gasteiger partial charge on any atom is 0.320 e. The molecule has 2 rings (SSSR count). The van der Waals surface area contributed by atoms with Gasteiger partial charge in [0.25, 0.3) is 0 Å². The third-order valence-corrected chi connectivity index (χ3v) is 2.74. The van der Waals surface area contributed by atoms with Crippen molar-refractivity contribution in [2.45, 2.75) is 39.7 Å². The predicted molar refractivity (Wildman–Crippen MR) is 77.8 cm³/mol. The number of hydrogen-bond donors (Lipinski definition) is 2. The van der Waals surface area contributed by atoms with E-state index in [1.807, 2.05) is 20.8 Å². The molecule has 0 aromatic carbocycles. The quantitative estimate of drug-likeness (QED) is 0.905. The SMILES string of the molecule is Cc1nccc(NC(=O)NCc2nc(C(C)(C)C)co2)n1. The Morgan fingerprint density at radius 2 is 2.10 bits per heavy atom. The Hall–Kier alpha value is -2.44. The molecule has 0 radical (unpaired) electrons. The van der Waals surface area contributed by atoms with Gasteiger partial charge in [0.2, 0.25) is 5.89 Å². The number of amides is 2. The van der Waals surface area contributed by atoms with E-state index in [2.05, 4.69) is 25.6 Å². The average Bonchev–Trinajstić information content (AvgIpc) is 2.85. The summed E-state index contributed by atoms with van der Waals surface area (Å²) in [6.07, 6.45) is 3.20. The molecule has 2 N–H and O–H groups in total. The summed E-state index contributed by atoms with van der Waals surface area (Å²) in [6.45, 7) is 8.11. The van der Waals surface area contributed by atoms with Crippen LogP contribution in [0.1, 0.15) is 38.2 Å². The Kier molecular flexibility index (Phi) is 4.21. The second kappa shape index (κ2) is 5.90. The van der Waals surface area contributed by atoms with E-state index in [0.29, 0.717) is 17.5 Å². The number of oxazole rings is 1. The minimum atomic E-state index is -0.372. The second-order valence-electron chi connectivity index (χ2n) is 5.67. The largest absolute Gasteiger partial charge is 0.447 e. The van der Waals surface area contributed by atoms with Crippen molar-refractivity contribution in [1.29, 1.82) is 0 Å². The molecular formula is C14H19N5O2. The first-order valence-corrected chi connectivity index (χ1v) is 6.64. The van der Waals surface area contributed by atoms with Gasteiger partial charge in [-0.1, -0.05) is 20.8 Å². The van der Waals surface area contributed by atoms with Crippen molar-refractivity contribution in [3.63, 3.8) is 0 Å². The van der Waals surface area contributed by atoms with Gasteiger partial charge in [-0.05, 0) is 13.0 Å². The molecule has 21 heavy (non-hydrogen) atoms. The van der Waals surface area contributed by atoms with E-state index < -0.39 is 0 Å². The minimum absolute atomic E-state index is 0.0809. The van der Waals surface area contributed by atoms with Gasteiger partial charge in [-0.2, -0.15) is 0 Å². The fourth-order valence-electron chi connectivity index (χ4n) is 1.58. The smallest absolute Gasteiger partial charge is 0.320 e. The van der Waals surface area contributed by atoms with E-state index in [4.69, 9.17) is 4.42 Å². The number of aromatic nitrogens is 3. The number of nitrogens with one attached hydrogen (secondary N) is 2. The highest BCUT2D eigenvalue weighted by Gasteiger charge is 2.18. The lowest BCUT2D eigenvalue weighted by Gasteiger charge is -2.13. The van der Waals surface area contributed by atoms with Gasteiger partial charge in [-0.25, -0.2) is 19.7 Å². The molecule has 0 fully saturated rings. The molecule has 2 heterocycles. The van der Waals surface area contributed by atoms with E-state index in [9.17, 15) is 4.79 Å². The number of hydrogen-bond acceptors (Lipinski definition) is 5. The number of nitrogens with zero attached hydrogens (tertiary/aromatic N) is 3. The molecule has 0 aliphatic heterocycles. The molecule has 0 saturated carbocycles. The topological polar surface area (TPSA) is 92.9 Å². The second-order valence-corrected chi connectivity index (χ2v) is 5.67. The molecule has 0 unspecified atom stereocenters. The zero-order valence-electron chi connectivity index (χ0n) is 12.6. The van der Waals surface area contributed by atoms with Gasteiger partial charge < -0.3 is 9.73 Å². The Balaban J connectivity index is 1.88. The lowest BCUT2D eigenvalue weighted by molar-refractivity contribution is 0.250. The lowest BCUT2D eigenvalue weighted by Crippen LogP contribution is -2.28. The maximum atomic E-state index is 11.7. The molecule has 0 atom stereocenters. The van der Waals surface area contributed by atoms with Crippen molar-refractivity contribution in [2.24, 2.45) is 0 Å². The number of anilines is 1. The molecule has 0 spiro atoms. The van der Waals surface area contributed by atoms with Crippen LogP contribution in [0.15, 0.2) is 22.9 Å². The van der Waals surface area contributed by atoms with Gasteiger partial charge in [-0.3, -0.25) is 5.32 Å². The van der Waals surface area contributed by atoms with Crippen LogP contribution in [-0.4, -0.2) is 21.0 Å². The van der Waals surface area contributed by atoms with Crippen LogP contribution >= 0.6 is 0 Å². The van der Waals surface area contributed by atoms with Crippen LogP contribution in [0, 0.1) is 6.92 Å². The fraction of sp³-hybridized carbons (Fsp3) is 0.429. The van der Waals surface area contributed by atoms with Gasteiger partial charge >= 0.3 is 6.03 Å². The van der Waals surface area contributed by atoms with Gasteiger partial charge in [0, 0.05) is 11.6 Å².